The van der Waals surface area contributed by atoms with Gasteiger partial charge in [-0.15, -0.1) is 0 Å². The van der Waals surface area contributed by atoms with Crippen molar-refractivity contribution in [2.75, 3.05) is 0 Å². The van der Waals surface area contributed by atoms with Gasteiger partial charge < -0.3 is 4.74 Å². The first-order valence-electron chi connectivity index (χ1n) is 7.91. The fraction of sp³-hybridized carbons (Fsp3) is 0. The summed E-state index contributed by atoms with van der Waals surface area (Å²) in [6, 6.07) is 25.8. The maximum atomic E-state index is 12.2. The van der Waals surface area contributed by atoms with Gasteiger partial charge in [0, 0.05) is 4.47 Å². The van der Waals surface area contributed by atoms with Crippen molar-refractivity contribution in [2.45, 2.75) is 0 Å². The van der Waals surface area contributed by atoms with E-state index in [1.807, 2.05) is 48.5 Å². The van der Waals surface area contributed by atoms with E-state index in [9.17, 15) is 10.1 Å². The quantitative estimate of drug-likeness (QED) is 0.241. The normalized spacial score (nSPS) is 10.8. The number of allylic oxidation sites excluding steroid dienone is 1. The van der Waals surface area contributed by atoms with Crippen LogP contribution in [0.1, 0.15) is 21.5 Å². The number of hydrogen-bond acceptors (Lipinski definition) is 3. The molecule has 0 aromatic heterocycles. The number of benzene rings is 3. The average Bonchev–Trinajstić information content (AvgIpc) is 2.68. The molecule has 0 bridgehead atoms. The monoisotopic (exact) mass is 403 g/mol. The zero-order chi connectivity index (χ0) is 18.4. The number of nitriles is 1. The van der Waals surface area contributed by atoms with Gasteiger partial charge in [-0.3, -0.25) is 0 Å². The van der Waals surface area contributed by atoms with Crippen LogP contribution in [0.4, 0.5) is 0 Å². The van der Waals surface area contributed by atoms with Gasteiger partial charge in [-0.1, -0.05) is 54.6 Å². The highest BCUT2D eigenvalue weighted by Crippen LogP contribution is 2.22. The minimum Gasteiger partial charge on any atom is -0.423 e. The highest BCUT2D eigenvalue weighted by molar-refractivity contribution is 9.10. The number of esters is 1. The van der Waals surface area contributed by atoms with E-state index in [4.69, 9.17) is 4.74 Å². The molecule has 0 heterocycles. The van der Waals surface area contributed by atoms with Gasteiger partial charge in [-0.05, 0) is 57.4 Å². The van der Waals surface area contributed by atoms with Crippen LogP contribution in [0.5, 0.6) is 5.75 Å². The van der Waals surface area contributed by atoms with Crippen molar-refractivity contribution >= 4 is 33.5 Å². The van der Waals surface area contributed by atoms with Gasteiger partial charge in [0.15, 0.2) is 0 Å². The number of carbonyl (C=O) groups excluding carboxylic acids is 1. The van der Waals surface area contributed by atoms with Crippen LogP contribution in [-0.2, 0) is 0 Å². The molecule has 3 nitrogen and oxygen atoms in total. The second-order valence-corrected chi connectivity index (χ2v) is 6.33. The lowest BCUT2D eigenvalue weighted by Crippen LogP contribution is -2.09. The van der Waals surface area contributed by atoms with Crippen molar-refractivity contribution in [2.24, 2.45) is 0 Å². The molecular weight excluding hydrogens is 390 g/mol. The molecule has 3 rings (SSSR count). The van der Waals surface area contributed by atoms with Crippen molar-refractivity contribution in [3.05, 3.63) is 100 Å². The number of nitrogens with zero attached hydrogens (tertiary/aromatic N) is 1. The zero-order valence-corrected chi connectivity index (χ0v) is 15.3. The molecule has 126 valence electrons. The largest absolute Gasteiger partial charge is 0.423 e. The Kier molecular flexibility index (Phi) is 5.62. The summed E-state index contributed by atoms with van der Waals surface area (Å²) >= 11 is 3.34. The summed E-state index contributed by atoms with van der Waals surface area (Å²) < 4.78 is 6.08. The van der Waals surface area contributed by atoms with E-state index in [1.165, 1.54) is 0 Å². The van der Waals surface area contributed by atoms with Gasteiger partial charge in [-0.2, -0.15) is 5.26 Å². The molecule has 0 amide bonds. The first kappa shape index (κ1) is 17.7. The Balaban J connectivity index is 1.77. The fourth-order valence-electron chi connectivity index (χ4n) is 2.39. The maximum absolute atomic E-state index is 12.2. The molecule has 3 aromatic carbocycles. The number of ether oxygens (including phenoxy) is 1. The van der Waals surface area contributed by atoms with E-state index in [-0.39, 0.29) is 0 Å². The van der Waals surface area contributed by atoms with Gasteiger partial charge in [0.05, 0.1) is 17.2 Å². The number of hydrogen-bond donors (Lipinski definition) is 0. The summed E-state index contributed by atoms with van der Waals surface area (Å²) in [5, 5.41) is 9.37. The minimum atomic E-state index is -0.428. The summed E-state index contributed by atoms with van der Waals surface area (Å²) in [5.41, 5.74) is 2.75. The Morgan fingerprint density at radius 1 is 0.923 bits per heavy atom. The predicted octanol–water partition coefficient (Wildman–Crippen LogP) is 5.73. The minimum absolute atomic E-state index is 0.428. The van der Waals surface area contributed by atoms with Crippen molar-refractivity contribution in [1.29, 1.82) is 5.26 Å². The van der Waals surface area contributed by atoms with Crippen LogP contribution in [0, 0.1) is 11.3 Å². The smallest absolute Gasteiger partial charge is 0.344 e. The van der Waals surface area contributed by atoms with E-state index in [1.54, 1.807) is 36.4 Å². The predicted molar refractivity (Wildman–Crippen MR) is 105 cm³/mol. The van der Waals surface area contributed by atoms with Crippen molar-refractivity contribution in [3.63, 3.8) is 0 Å². The van der Waals surface area contributed by atoms with Crippen molar-refractivity contribution < 1.29 is 9.53 Å². The van der Waals surface area contributed by atoms with Gasteiger partial charge in [0.25, 0.3) is 0 Å². The lowest BCUT2D eigenvalue weighted by Gasteiger charge is -2.06. The second kappa shape index (κ2) is 8.28. The van der Waals surface area contributed by atoms with Crippen LogP contribution < -0.4 is 4.74 Å². The summed E-state index contributed by atoms with van der Waals surface area (Å²) in [5.74, 6) is 0.0175. The molecule has 3 aromatic rings. The Hall–Kier alpha value is -3.16. The maximum Gasteiger partial charge on any atom is 0.344 e. The van der Waals surface area contributed by atoms with E-state index >= 15 is 0 Å². The Labute approximate surface area is 160 Å². The molecular formula is C22H14BrNO2. The molecule has 0 fully saturated rings. The van der Waals surface area contributed by atoms with Gasteiger partial charge in [-0.25, -0.2) is 4.79 Å². The SMILES string of the molecule is N#C/C(=C/c1ccc(OC(=O)c2ccccc2Br)cc1)c1ccccc1. The highest BCUT2D eigenvalue weighted by atomic mass is 79.9. The van der Waals surface area contributed by atoms with Crippen molar-refractivity contribution in [3.8, 4) is 11.8 Å². The molecule has 0 unspecified atom stereocenters. The highest BCUT2D eigenvalue weighted by Gasteiger charge is 2.11. The lowest BCUT2D eigenvalue weighted by molar-refractivity contribution is 0.0734. The summed E-state index contributed by atoms with van der Waals surface area (Å²) in [4.78, 5) is 12.2. The molecule has 0 saturated heterocycles. The van der Waals surface area contributed by atoms with Crippen LogP contribution in [0.15, 0.2) is 83.3 Å². The molecule has 26 heavy (non-hydrogen) atoms. The molecule has 0 saturated carbocycles. The standard InChI is InChI=1S/C22H14BrNO2/c23-21-9-5-4-8-20(21)22(25)26-19-12-10-16(11-13-19)14-18(15-24)17-6-2-1-3-7-17/h1-14H/b18-14-. The Morgan fingerprint density at radius 2 is 1.58 bits per heavy atom. The lowest BCUT2D eigenvalue weighted by atomic mass is 10.0. The van der Waals surface area contributed by atoms with Crippen molar-refractivity contribution in [1.82, 2.24) is 0 Å². The van der Waals surface area contributed by atoms with E-state index in [0.717, 1.165) is 11.1 Å². The van der Waals surface area contributed by atoms with Crippen LogP contribution >= 0.6 is 15.9 Å². The first-order chi connectivity index (χ1) is 12.7. The molecule has 0 aliphatic heterocycles. The second-order valence-electron chi connectivity index (χ2n) is 5.47. The molecule has 0 atom stereocenters. The third-order valence-corrected chi connectivity index (χ3v) is 4.39. The van der Waals surface area contributed by atoms with E-state index in [2.05, 4.69) is 22.0 Å². The van der Waals surface area contributed by atoms with E-state index < -0.39 is 5.97 Å². The zero-order valence-electron chi connectivity index (χ0n) is 13.7. The molecule has 4 heteroatoms. The third-order valence-electron chi connectivity index (χ3n) is 3.70. The Morgan fingerprint density at radius 3 is 2.23 bits per heavy atom. The number of halogens is 1. The molecule has 0 aliphatic carbocycles. The van der Waals surface area contributed by atoms with Crippen LogP contribution in [-0.4, -0.2) is 5.97 Å². The van der Waals surface area contributed by atoms with E-state index in [0.29, 0.717) is 21.4 Å². The molecule has 0 radical (unpaired) electrons. The third kappa shape index (κ3) is 4.27. The summed E-state index contributed by atoms with van der Waals surface area (Å²) in [6.07, 6.45) is 1.80. The molecule has 0 spiro atoms. The first-order valence-corrected chi connectivity index (χ1v) is 8.70. The number of rotatable bonds is 4. The van der Waals surface area contributed by atoms with Crippen LogP contribution in [0.25, 0.3) is 11.6 Å². The van der Waals surface area contributed by atoms with Gasteiger partial charge in [0.1, 0.15) is 5.75 Å². The fourth-order valence-corrected chi connectivity index (χ4v) is 2.83. The molecule has 0 aliphatic rings. The van der Waals surface area contributed by atoms with Gasteiger partial charge in [0.2, 0.25) is 0 Å². The summed E-state index contributed by atoms with van der Waals surface area (Å²) in [7, 11) is 0. The van der Waals surface area contributed by atoms with Gasteiger partial charge >= 0.3 is 5.97 Å². The topological polar surface area (TPSA) is 50.1 Å². The van der Waals surface area contributed by atoms with Crippen LogP contribution in [0.2, 0.25) is 0 Å². The summed E-state index contributed by atoms with van der Waals surface area (Å²) in [6.45, 7) is 0. The van der Waals surface area contributed by atoms with Crippen LogP contribution in [0.3, 0.4) is 0 Å². The number of carbonyl (C=O) groups is 1. The average molecular weight is 404 g/mol. The molecule has 0 N–H and O–H groups in total. The Bertz CT molecular complexity index is 987.